The van der Waals surface area contributed by atoms with Crippen molar-refractivity contribution in [2.24, 2.45) is 0 Å². The number of carbonyl (C=O) groups excluding carboxylic acids is 3. The van der Waals surface area contributed by atoms with Crippen LogP contribution in [-0.4, -0.2) is 66.0 Å². The molecule has 0 atom stereocenters. The minimum Gasteiger partial charge on any atom is -0.460 e. The molecule has 0 fully saturated rings. The number of H-pyrrole nitrogens is 1. The maximum Gasteiger partial charge on any atom is 0.308 e. The number of likely N-dealkylation sites (N-methyl/N-ethyl adjacent to an activating group) is 1. The number of anilines is 1. The van der Waals surface area contributed by atoms with Crippen LogP contribution in [0.3, 0.4) is 0 Å². The van der Waals surface area contributed by atoms with E-state index < -0.39 is 17.4 Å². The Kier molecular flexibility index (Phi) is 9.14. The van der Waals surface area contributed by atoms with Crippen LogP contribution in [0.5, 0.6) is 0 Å². The zero-order valence-electron chi connectivity index (χ0n) is 23.5. The molecular formula is C29H39FN4O4. The Bertz CT molecular complexity index is 1240. The Balaban J connectivity index is 1.86. The summed E-state index contributed by atoms with van der Waals surface area (Å²) in [5, 5.41) is 2.98. The van der Waals surface area contributed by atoms with Crippen molar-refractivity contribution in [3.63, 3.8) is 0 Å². The van der Waals surface area contributed by atoms with Gasteiger partial charge in [-0.2, -0.15) is 0 Å². The summed E-state index contributed by atoms with van der Waals surface area (Å²) in [6.45, 7) is 16.4. The molecule has 0 spiro atoms. The first-order valence-electron chi connectivity index (χ1n) is 13.1. The monoisotopic (exact) mass is 526 g/mol. The Morgan fingerprint density at radius 2 is 1.87 bits per heavy atom. The second-order valence-electron chi connectivity index (χ2n) is 10.5. The smallest absolute Gasteiger partial charge is 0.308 e. The number of hydrogen-bond acceptors (Lipinski definition) is 5. The number of esters is 1. The van der Waals surface area contributed by atoms with Crippen LogP contribution in [-0.2, 0) is 14.3 Å². The molecule has 2 amide bonds. The van der Waals surface area contributed by atoms with Gasteiger partial charge in [-0.05, 0) is 77.5 Å². The highest BCUT2D eigenvalue weighted by atomic mass is 19.1. The Hall–Kier alpha value is -3.46. The van der Waals surface area contributed by atoms with Crippen molar-refractivity contribution in [2.45, 2.75) is 60.5 Å². The molecule has 2 aromatic rings. The first-order valence-corrected chi connectivity index (χ1v) is 13.1. The molecule has 38 heavy (non-hydrogen) atoms. The zero-order chi connectivity index (χ0) is 28.2. The van der Waals surface area contributed by atoms with E-state index in [9.17, 15) is 18.8 Å². The number of hydrogen-bond donors (Lipinski definition) is 2. The van der Waals surface area contributed by atoms with Gasteiger partial charge in [0.1, 0.15) is 11.4 Å². The van der Waals surface area contributed by atoms with Crippen LogP contribution < -0.4 is 10.2 Å². The van der Waals surface area contributed by atoms with Gasteiger partial charge in [0.15, 0.2) is 0 Å². The van der Waals surface area contributed by atoms with Gasteiger partial charge >= 0.3 is 5.97 Å². The van der Waals surface area contributed by atoms with Gasteiger partial charge < -0.3 is 24.8 Å². The van der Waals surface area contributed by atoms with Crippen LogP contribution in [0.25, 0.3) is 11.6 Å². The van der Waals surface area contributed by atoms with E-state index in [1.807, 2.05) is 13.8 Å². The highest BCUT2D eigenvalue weighted by Gasteiger charge is 2.34. The molecule has 206 valence electrons. The molecular weight excluding hydrogens is 487 g/mol. The first-order chi connectivity index (χ1) is 17.9. The van der Waals surface area contributed by atoms with Crippen LogP contribution in [0, 0.1) is 19.7 Å². The summed E-state index contributed by atoms with van der Waals surface area (Å²) in [4.78, 5) is 45.6. The number of fused-ring (bicyclic) bond motifs is 1. The zero-order valence-corrected chi connectivity index (χ0v) is 23.5. The summed E-state index contributed by atoms with van der Waals surface area (Å²) in [6, 6.07) is 4.15. The molecule has 0 bridgehead atoms. The van der Waals surface area contributed by atoms with Gasteiger partial charge in [-0.3, -0.25) is 14.4 Å². The lowest BCUT2D eigenvalue weighted by Crippen LogP contribution is -2.35. The van der Waals surface area contributed by atoms with Crippen LogP contribution >= 0.6 is 0 Å². The number of ether oxygens (including phenoxy) is 1. The number of benzene rings is 1. The SMILES string of the molecule is CCN(CC)CCNC(=O)c1c(C)[nH]c(/C=C2\C(=O)N(CCC(=O)OC(C)(C)C)c3ccc(F)cc32)c1C. The van der Waals surface area contributed by atoms with Crippen molar-refractivity contribution >= 4 is 35.1 Å². The minimum absolute atomic E-state index is 0.00551. The van der Waals surface area contributed by atoms with E-state index in [0.29, 0.717) is 45.9 Å². The summed E-state index contributed by atoms with van der Waals surface area (Å²) in [7, 11) is 0. The number of halogens is 1. The molecule has 0 aliphatic carbocycles. The molecule has 8 nitrogen and oxygen atoms in total. The highest BCUT2D eigenvalue weighted by Crippen LogP contribution is 2.39. The lowest BCUT2D eigenvalue weighted by atomic mass is 10.0. The third-order valence-electron chi connectivity index (χ3n) is 6.57. The molecule has 9 heteroatoms. The third-order valence-corrected chi connectivity index (χ3v) is 6.57. The highest BCUT2D eigenvalue weighted by molar-refractivity contribution is 6.35. The largest absolute Gasteiger partial charge is 0.460 e. The number of carbonyl (C=O) groups is 3. The standard InChI is InChI=1S/C29H39FN4O4/c1-8-33(9-2)15-13-31-27(36)26-18(3)23(32-19(26)4)17-22-21-16-20(30)10-11-24(21)34(28(22)37)14-12-25(35)38-29(5,6)7/h10-11,16-17,32H,8-9,12-15H2,1-7H3,(H,31,36)/b22-17-. The van der Waals surface area contributed by atoms with Crippen molar-refractivity contribution < 1.29 is 23.5 Å². The Morgan fingerprint density at radius 1 is 1.18 bits per heavy atom. The average Bonchev–Trinajstić information content (AvgIpc) is 3.26. The van der Waals surface area contributed by atoms with E-state index >= 15 is 0 Å². The predicted octanol–water partition coefficient (Wildman–Crippen LogP) is 4.46. The van der Waals surface area contributed by atoms with Gasteiger partial charge in [0.05, 0.1) is 23.2 Å². The first kappa shape index (κ1) is 29.1. The second-order valence-corrected chi connectivity index (χ2v) is 10.5. The fourth-order valence-corrected chi connectivity index (χ4v) is 4.65. The van der Waals surface area contributed by atoms with Crippen LogP contribution in [0.1, 0.15) is 73.9 Å². The van der Waals surface area contributed by atoms with E-state index in [4.69, 9.17) is 4.74 Å². The van der Waals surface area contributed by atoms with Crippen molar-refractivity contribution in [1.29, 1.82) is 0 Å². The van der Waals surface area contributed by atoms with Crippen molar-refractivity contribution in [1.82, 2.24) is 15.2 Å². The van der Waals surface area contributed by atoms with Crippen molar-refractivity contribution in [3.8, 4) is 0 Å². The summed E-state index contributed by atoms with van der Waals surface area (Å²) in [5.41, 5.74) is 3.15. The molecule has 0 unspecified atom stereocenters. The van der Waals surface area contributed by atoms with Crippen LogP contribution in [0.4, 0.5) is 10.1 Å². The number of rotatable bonds is 10. The van der Waals surface area contributed by atoms with Gasteiger partial charge in [0.25, 0.3) is 11.8 Å². The number of nitrogens with zero attached hydrogens (tertiary/aromatic N) is 2. The molecule has 1 aliphatic heterocycles. The van der Waals surface area contributed by atoms with E-state index in [0.717, 1.165) is 19.6 Å². The molecule has 0 radical (unpaired) electrons. The van der Waals surface area contributed by atoms with Crippen molar-refractivity contribution in [2.75, 3.05) is 37.6 Å². The van der Waals surface area contributed by atoms with E-state index in [1.54, 1.807) is 32.9 Å². The van der Waals surface area contributed by atoms with Crippen LogP contribution in [0.15, 0.2) is 18.2 Å². The fourth-order valence-electron chi connectivity index (χ4n) is 4.65. The molecule has 1 aromatic carbocycles. The van der Waals surface area contributed by atoms with E-state index in [1.165, 1.54) is 17.0 Å². The number of amides is 2. The third kappa shape index (κ3) is 6.69. The molecule has 1 aliphatic rings. The summed E-state index contributed by atoms with van der Waals surface area (Å²) in [5.74, 6) is -1.41. The molecule has 1 aromatic heterocycles. The molecule has 0 saturated carbocycles. The topological polar surface area (TPSA) is 94.7 Å². The van der Waals surface area contributed by atoms with Gasteiger partial charge in [-0.1, -0.05) is 13.8 Å². The van der Waals surface area contributed by atoms with Gasteiger partial charge in [-0.15, -0.1) is 0 Å². The molecule has 3 rings (SSSR count). The minimum atomic E-state index is -0.628. The number of aromatic amines is 1. The maximum absolute atomic E-state index is 14.2. The fraction of sp³-hybridized carbons (Fsp3) is 0.483. The van der Waals surface area contributed by atoms with Gasteiger partial charge in [0.2, 0.25) is 0 Å². The van der Waals surface area contributed by atoms with E-state index in [-0.39, 0.29) is 24.8 Å². The Morgan fingerprint density at radius 3 is 2.50 bits per heavy atom. The molecule has 2 heterocycles. The quantitative estimate of drug-likeness (QED) is 0.352. The molecule has 0 saturated heterocycles. The predicted molar refractivity (Wildman–Crippen MR) is 147 cm³/mol. The second kappa shape index (κ2) is 11.9. The summed E-state index contributed by atoms with van der Waals surface area (Å²) in [6.07, 6.45) is 1.66. The van der Waals surface area contributed by atoms with Crippen LogP contribution in [0.2, 0.25) is 0 Å². The lowest BCUT2D eigenvalue weighted by Gasteiger charge is -2.21. The number of nitrogens with one attached hydrogen (secondary N) is 2. The number of aryl methyl sites for hydroxylation is 1. The lowest BCUT2D eigenvalue weighted by molar-refractivity contribution is -0.154. The van der Waals surface area contributed by atoms with Crippen molar-refractivity contribution in [3.05, 3.63) is 52.1 Å². The number of aromatic nitrogens is 1. The molecule has 2 N–H and O–H groups in total. The summed E-state index contributed by atoms with van der Waals surface area (Å²) >= 11 is 0. The van der Waals surface area contributed by atoms with Gasteiger partial charge in [0, 0.05) is 36.6 Å². The summed E-state index contributed by atoms with van der Waals surface area (Å²) < 4.78 is 19.6. The average molecular weight is 527 g/mol. The Labute approximate surface area is 224 Å². The van der Waals surface area contributed by atoms with Gasteiger partial charge in [-0.25, -0.2) is 4.39 Å². The maximum atomic E-state index is 14.2. The normalized spacial score (nSPS) is 14.4. The van der Waals surface area contributed by atoms with E-state index in [2.05, 4.69) is 29.0 Å².